The SMILES string of the molecule is COCCn1nnnc1[C@@H](c1ccc2ncccc2c1)N1CCc2ccccc21. The lowest BCUT2D eigenvalue weighted by atomic mass is 10.0. The van der Waals surface area contributed by atoms with Gasteiger partial charge in [-0.3, -0.25) is 4.98 Å². The van der Waals surface area contributed by atoms with Crippen LogP contribution in [-0.4, -0.2) is 45.5 Å². The number of nitrogens with zero attached hydrogens (tertiary/aromatic N) is 6. The van der Waals surface area contributed by atoms with Gasteiger partial charge in [-0.05, 0) is 52.2 Å². The Hall–Kier alpha value is -3.32. The summed E-state index contributed by atoms with van der Waals surface area (Å²) in [5.41, 5.74) is 4.73. The van der Waals surface area contributed by atoms with Gasteiger partial charge in [0.05, 0.1) is 18.7 Å². The second kappa shape index (κ2) is 7.60. The van der Waals surface area contributed by atoms with Crippen molar-refractivity contribution in [3.63, 3.8) is 0 Å². The fourth-order valence-electron chi connectivity index (χ4n) is 4.11. The Balaban J connectivity index is 1.64. The number of para-hydroxylation sites is 1. The molecule has 4 aromatic rings. The number of benzene rings is 2. The maximum absolute atomic E-state index is 5.26. The van der Waals surface area contributed by atoms with Crippen LogP contribution in [0.4, 0.5) is 5.69 Å². The second-order valence-corrected chi connectivity index (χ2v) is 7.18. The van der Waals surface area contributed by atoms with Crippen LogP contribution in [0.25, 0.3) is 10.9 Å². The molecule has 0 amide bonds. The first kappa shape index (κ1) is 17.8. The molecule has 1 aliphatic heterocycles. The van der Waals surface area contributed by atoms with Crippen LogP contribution in [0.3, 0.4) is 0 Å². The summed E-state index contributed by atoms with van der Waals surface area (Å²) in [5, 5.41) is 13.7. The summed E-state index contributed by atoms with van der Waals surface area (Å²) in [6.07, 6.45) is 2.84. The van der Waals surface area contributed by atoms with E-state index in [2.05, 4.69) is 73.9 Å². The van der Waals surface area contributed by atoms with Crippen LogP contribution in [0.1, 0.15) is 23.0 Å². The topological polar surface area (TPSA) is 69.0 Å². The predicted octanol–water partition coefficient (Wildman–Crippen LogP) is 3.02. The molecule has 0 radical (unpaired) electrons. The number of ether oxygens (including phenoxy) is 1. The van der Waals surface area contributed by atoms with E-state index >= 15 is 0 Å². The molecule has 7 heteroatoms. The molecule has 0 saturated carbocycles. The Morgan fingerprint density at radius 3 is 2.97 bits per heavy atom. The molecule has 7 nitrogen and oxygen atoms in total. The zero-order chi connectivity index (χ0) is 19.6. The molecule has 29 heavy (non-hydrogen) atoms. The van der Waals surface area contributed by atoms with Crippen LogP contribution < -0.4 is 4.90 Å². The van der Waals surface area contributed by atoms with Gasteiger partial charge in [-0.2, -0.15) is 0 Å². The number of tetrazole rings is 1. The van der Waals surface area contributed by atoms with Gasteiger partial charge >= 0.3 is 0 Å². The first-order valence-corrected chi connectivity index (χ1v) is 9.79. The molecule has 5 rings (SSSR count). The van der Waals surface area contributed by atoms with Crippen LogP contribution in [0, 0.1) is 0 Å². The summed E-state index contributed by atoms with van der Waals surface area (Å²) in [4.78, 5) is 6.86. The zero-order valence-electron chi connectivity index (χ0n) is 16.3. The predicted molar refractivity (Wildman–Crippen MR) is 111 cm³/mol. The Morgan fingerprint density at radius 1 is 1.10 bits per heavy atom. The summed E-state index contributed by atoms with van der Waals surface area (Å²) >= 11 is 0. The molecule has 0 unspecified atom stereocenters. The highest BCUT2D eigenvalue weighted by molar-refractivity contribution is 5.79. The van der Waals surface area contributed by atoms with Gasteiger partial charge in [-0.25, -0.2) is 4.68 Å². The summed E-state index contributed by atoms with van der Waals surface area (Å²) in [6.45, 7) is 2.09. The number of fused-ring (bicyclic) bond motifs is 2. The molecule has 0 aliphatic carbocycles. The van der Waals surface area contributed by atoms with Crippen LogP contribution in [-0.2, 0) is 17.7 Å². The molecule has 2 aromatic carbocycles. The molecule has 0 spiro atoms. The lowest BCUT2D eigenvalue weighted by Gasteiger charge is -2.30. The average Bonchev–Trinajstić information content (AvgIpc) is 3.40. The maximum Gasteiger partial charge on any atom is 0.178 e. The van der Waals surface area contributed by atoms with Crippen LogP contribution >= 0.6 is 0 Å². The van der Waals surface area contributed by atoms with Gasteiger partial charge in [0.15, 0.2) is 5.82 Å². The first-order valence-electron chi connectivity index (χ1n) is 9.79. The van der Waals surface area contributed by atoms with E-state index in [4.69, 9.17) is 4.74 Å². The summed E-state index contributed by atoms with van der Waals surface area (Å²) in [5.74, 6) is 0.821. The van der Waals surface area contributed by atoms with E-state index in [1.165, 1.54) is 11.3 Å². The Morgan fingerprint density at radius 2 is 2.03 bits per heavy atom. The van der Waals surface area contributed by atoms with E-state index in [1.54, 1.807) is 7.11 Å². The quantitative estimate of drug-likeness (QED) is 0.507. The minimum absolute atomic E-state index is 0.0879. The van der Waals surface area contributed by atoms with Crippen LogP contribution in [0.15, 0.2) is 60.8 Å². The van der Waals surface area contributed by atoms with E-state index in [1.807, 2.05) is 16.9 Å². The Bertz CT molecular complexity index is 1140. The van der Waals surface area contributed by atoms with E-state index in [9.17, 15) is 0 Å². The highest BCUT2D eigenvalue weighted by atomic mass is 16.5. The molecule has 0 saturated heterocycles. The van der Waals surface area contributed by atoms with E-state index in [0.717, 1.165) is 35.3 Å². The van der Waals surface area contributed by atoms with E-state index in [-0.39, 0.29) is 6.04 Å². The number of anilines is 1. The molecule has 3 heterocycles. The van der Waals surface area contributed by atoms with Gasteiger partial charge in [0, 0.05) is 30.9 Å². The lowest BCUT2D eigenvalue weighted by molar-refractivity contribution is 0.181. The third kappa shape index (κ3) is 3.23. The number of pyridine rings is 1. The summed E-state index contributed by atoms with van der Waals surface area (Å²) in [7, 11) is 1.69. The van der Waals surface area contributed by atoms with Gasteiger partial charge in [0.25, 0.3) is 0 Å². The molecular weight excluding hydrogens is 364 g/mol. The van der Waals surface area contributed by atoms with Crippen molar-refractivity contribution >= 4 is 16.6 Å². The lowest BCUT2D eigenvalue weighted by Crippen LogP contribution is -2.30. The first-order chi connectivity index (χ1) is 14.3. The second-order valence-electron chi connectivity index (χ2n) is 7.18. The molecule has 0 bridgehead atoms. The molecular formula is C22H22N6O. The molecule has 1 aliphatic rings. The molecule has 146 valence electrons. The smallest absolute Gasteiger partial charge is 0.178 e. The third-order valence-electron chi connectivity index (χ3n) is 5.49. The minimum atomic E-state index is -0.0879. The Labute approximate surface area is 168 Å². The molecule has 0 fully saturated rings. The van der Waals surface area contributed by atoms with Crippen molar-refractivity contribution in [2.75, 3.05) is 25.2 Å². The van der Waals surface area contributed by atoms with Crippen molar-refractivity contribution in [3.05, 3.63) is 77.7 Å². The van der Waals surface area contributed by atoms with E-state index in [0.29, 0.717) is 13.2 Å². The van der Waals surface area contributed by atoms with Crippen molar-refractivity contribution < 1.29 is 4.74 Å². The van der Waals surface area contributed by atoms with Gasteiger partial charge in [-0.15, -0.1) is 5.10 Å². The van der Waals surface area contributed by atoms with Crippen molar-refractivity contribution in [1.29, 1.82) is 0 Å². The maximum atomic E-state index is 5.26. The van der Waals surface area contributed by atoms with Gasteiger partial charge in [0.1, 0.15) is 6.04 Å². The van der Waals surface area contributed by atoms with Gasteiger partial charge in [0.2, 0.25) is 0 Å². The van der Waals surface area contributed by atoms with E-state index < -0.39 is 0 Å². The summed E-state index contributed by atoms with van der Waals surface area (Å²) < 4.78 is 7.11. The number of aromatic nitrogens is 5. The number of methoxy groups -OCH3 is 1. The highest BCUT2D eigenvalue weighted by Gasteiger charge is 2.32. The molecule has 2 aromatic heterocycles. The number of hydrogen-bond acceptors (Lipinski definition) is 6. The average molecular weight is 386 g/mol. The van der Waals surface area contributed by atoms with Crippen molar-refractivity contribution in [2.24, 2.45) is 0 Å². The molecule has 0 N–H and O–H groups in total. The Kier molecular flexibility index (Phi) is 4.65. The van der Waals surface area contributed by atoms with Gasteiger partial charge in [-0.1, -0.05) is 30.3 Å². The monoisotopic (exact) mass is 386 g/mol. The van der Waals surface area contributed by atoms with Gasteiger partial charge < -0.3 is 9.64 Å². The zero-order valence-corrected chi connectivity index (χ0v) is 16.3. The standard InChI is InChI=1S/C22H22N6O/c1-29-14-13-28-22(24-25-26-28)21(27-12-10-16-5-2-3-7-20(16)27)18-8-9-19-17(15-18)6-4-11-23-19/h2-9,11,15,21H,10,12-14H2,1H3/t21-/m1/s1. The highest BCUT2D eigenvalue weighted by Crippen LogP contribution is 2.38. The van der Waals surface area contributed by atoms with Crippen molar-refractivity contribution in [3.8, 4) is 0 Å². The van der Waals surface area contributed by atoms with Crippen LogP contribution in [0.2, 0.25) is 0 Å². The van der Waals surface area contributed by atoms with Crippen LogP contribution in [0.5, 0.6) is 0 Å². The number of rotatable bonds is 6. The normalized spacial score (nSPS) is 14.3. The minimum Gasteiger partial charge on any atom is -0.383 e. The fourth-order valence-corrected chi connectivity index (χ4v) is 4.11. The fraction of sp³-hybridized carbons (Fsp3) is 0.273. The van der Waals surface area contributed by atoms with Crippen molar-refractivity contribution in [1.82, 2.24) is 25.2 Å². The molecule has 1 atom stereocenters. The largest absolute Gasteiger partial charge is 0.383 e. The number of hydrogen-bond donors (Lipinski definition) is 0. The third-order valence-corrected chi connectivity index (χ3v) is 5.49. The van der Waals surface area contributed by atoms with Crippen molar-refractivity contribution in [2.45, 2.75) is 19.0 Å². The summed E-state index contributed by atoms with van der Waals surface area (Å²) in [6, 6.07) is 18.9.